The number of hydrogen-bond donors (Lipinski definition) is 1. The molecule has 0 aromatic heterocycles. The lowest BCUT2D eigenvalue weighted by Gasteiger charge is -2.39. The van der Waals surface area contributed by atoms with Gasteiger partial charge in [0.2, 0.25) is 5.91 Å². The molecule has 4 nitrogen and oxygen atoms in total. The van der Waals surface area contributed by atoms with Crippen molar-refractivity contribution in [3.05, 3.63) is 59.7 Å². The Morgan fingerprint density at radius 1 is 1.12 bits per heavy atom. The highest BCUT2D eigenvalue weighted by molar-refractivity contribution is 5.97. The van der Waals surface area contributed by atoms with E-state index in [1.54, 1.807) is 7.11 Å². The van der Waals surface area contributed by atoms with E-state index in [2.05, 4.69) is 41.5 Å². The molecule has 2 aromatic rings. The lowest BCUT2D eigenvalue weighted by Crippen LogP contribution is -2.39. The van der Waals surface area contributed by atoms with Crippen LogP contribution in [0.3, 0.4) is 0 Å². The Morgan fingerprint density at radius 3 is 2.50 bits per heavy atom. The average Bonchev–Trinajstić information content (AvgIpc) is 3.00. The quantitative estimate of drug-likeness (QED) is 0.916. The Bertz CT molecular complexity index is 792. The largest absolute Gasteiger partial charge is 0.497 e. The summed E-state index contributed by atoms with van der Waals surface area (Å²) in [5.41, 5.74) is 3.58. The summed E-state index contributed by atoms with van der Waals surface area (Å²) >= 11 is 0. The Hall–Kier alpha value is -2.33. The highest BCUT2D eigenvalue weighted by Gasteiger charge is 2.46. The predicted octanol–water partition coefficient (Wildman–Crippen LogP) is 3.78. The van der Waals surface area contributed by atoms with Gasteiger partial charge >= 0.3 is 0 Å². The van der Waals surface area contributed by atoms with Crippen LogP contribution in [0.2, 0.25) is 0 Å². The molecule has 1 aliphatic carbocycles. The van der Waals surface area contributed by atoms with E-state index in [4.69, 9.17) is 4.74 Å². The molecule has 1 fully saturated rings. The minimum absolute atomic E-state index is 0.0725. The zero-order valence-electron chi connectivity index (χ0n) is 15.5. The molecule has 1 N–H and O–H groups in total. The van der Waals surface area contributed by atoms with Gasteiger partial charge in [-0.25, -0.2) is 0 Å². The minimum atomic E-state index is -0.0725. The number of benzene rings is 2. The van der Waals surface area contributed by atoms with Gasteiger partial charge in [0.05, 0.1) is 13.0 Å². The van der Waals surface area contributed by atoms with Crippen molar-refractivity contribution in [1.82, 2.24) is 4.90 Å². The number of piperidine rings is 1. The van der Waals surface area contributed by atoms with Crippen LogP contribution in [0.1, 0.15) is 36.3 Å². The molecular weight excluding hydrogens is 324 g/mol. The molecule has 0 saturated carbocycles. The second kappa shape index (κ2) is 6.76. The fourth-order valence-electron chi connectivity index (χ4n) is 4.55. The highest BCUT2D eigenvalue weighted by atomic mass is 16.5. The summed E-state index contributed by atoms with van der Waals surface area (Å²) in [5.74, 6) is 0.814. The summed E-state index contributed by atoms with van der Waals surface area (Å²) in [6.45, 7) is 2.20. The summed E-state index contributed by atoms with van der Waals surface area (Å²) in [6, 6.07) is 16.1. The lowest BCUT2D eigenvalue weighted by atomic mass is 9.73. The van der Waals surface area contributed by atoms with Crippen molar-refractivity contribution in [2.45, 2.75) is 30.6 Å². The Balaban J connectivity index is 1.57. The zero-order valence-corrected chi connectivity index (χ0v) is 15.5. The normalized spacial score (nSPS) is 21.4. The molecule has 2 aromatic carbocycles. The number of fused-ring (bicyclic) bond motifs is 2. The van der Waals surface area contributed by atoms with Crippen molar-refractivity contribution >= 4 is 11.6 Å². The molecule has 1 spiro atoms. The van der Waals surface area contributed by atoms with Crippen LogP contribution in [0.15, 0.2) is 48.5 Å². The van der Waals surface area contributed by atoms with Gasteiger partial charge in [0.15, 0.2) is 0 Å². The van der Waals surface area contributed by atoms with E-state index in [-0.39, 0.29) is 17.2 Å². The molecule has 2 aliphatic rings. The maximum absolute atomic E-state index is 13.1. The van der Waals surface area contributed by atoms with Crippen molar-refractivity contribution in [3.8, 4) is 5.75 Å². The van der Waals surface area contributed by atoms with Gasteiger partial charge in [-0.1, -0.05) is 24.3 Å². The van der Waals surface area contributed by atoms with Crippen LogP contribution in [-0.2, 0) is 10.2 Å². The first-order valence-electron chi connectivity index (χ1n) is 9.34. The number of nitrogens with one attached hydrogen (secondary N) is 1. The van der Waals surface area contributed by atoms with Crippen molar-refractivity contribution < 1.29 is 9.53 Å². The van der Waals surface area contributed by atoms with E-state index in [9.17, 15) is 4.79 Å². The van der Waals surface area contributed by atoms with Crippen molar-refractivity contribution in [2.24, 2.45) is 0 Å². The molecule has 1 saturated heterocycles. The van der Waals surface area contributed by atoms with Crippen LogP contribution >= 0.6 is 0 Å². The second-order valence-electron chi connectivity index (χ2n) is 7.65. The highest BCUT2D eigenvalue weighted by Crippen LogP contribution is 2.51. The molecule has 4 rings (SSSR count). The Morgan fingerprint density at radius 2 is 1.81 bits per heavy atom. The lowest BCUT2D eigenvalue weighted by molar-refractivity contribution is -0.117. The van der Waals surface area contributed by atoms with E-state index < -0.39 is 0 Å². The number of rotatable bonds is 3. The van der Waals surface area contributed by atoms with E-state index in [1.165, 1.54) is 11.1 Å². The fraction of sp³-hybridized carbons (Fsp3) is 0.409. The molecule has 1 aliphatic heterocycles. The Kier molecular flexibility index (Phi) is 4.45. The summed E-state index contributed by atoms with van der Waals surface area (Å²) in [4.78, 5) is 15.5. The van der Waals surface area contributed by atoms with Crippen LogP contribution in [0, 0.1) is 0 Å². The topological polar surface area (TPSA) is 41.6 Å². The summed E-state index contributed by atoms with van der Waals surface area (Å²) in [5, 5.41) is 3.10. The SMILES string of the molecule is COc1ccc(NC(=O)[C@H]2CC3(CCN(C)CC3)c3ccccc32)cc1. The van der Waals surface area contributed by atoms with Gasteiger partial charge < -0.3 is 15.0 Å². The third kappa shape index (κ3) is 2.99. The van der Waals surface area contributed by atoms with E-state index in [1.807, 2.05) is 24.3 Å². The van der Waals surface area contributed by atoms with Gasteiger partial charge in [0.1, 0.15) is 5.75 Å². The molecule has 1 amide bonds. The minimum Gasteiger partial charge on any atom is -0.497 e. The number of nitrogens with zero attached hydrogens (tertiary/aromatic N) is 1. The van der Waals surface area contributed by atoms with Crippen LogP contribution in [0.25, 0.3) is 0 Å². The van der Waals surface area contributed by atoms with Crippen LogP contribution < -0.4 is 10.1 Å². The van der Waals surface area contributed by atoms with Gasteiger partial charge in [-0.3, -0.25) is 4.79 Å². The second-order valence-corrected chi connectivity index (χ2v) is 7.65. The maximum atomic E-state index is 13.1. The molecule has 1 heterocycles. The third-order valence-corrected chi connectivity index (χ3v) is 6.12. The average molecular weight is 350 g/mol. The molecule has 1 atom stereocenters. The van der Waals surface area contributed by atoms with Crippen molar-refractivity contribution in [2.75, 3.05) is 32.6 Å². The smallest absolute Gasteiger partial charge is 0.231 e. The first-order chi connectivity index (χ1) is 12.6. The first-order valence-corrected chi connectivity index (χ1v) is 9.34. The number of carbonyl (C=O) groups is 1. The van der Waals surface area contributed by atoms with Gasteiger partial charge in [-0.05, 0) is 80.2 Å². The molecular formula is C22H26N2O2. The van der Waals surface area contributed by atoms with Crippen LogP contribution in [0.4, 0.5) is 5.69 Å². The Labute approximate surface area is 155 Å². The molecule has 0 bridgehead atoms. The number of ether oxygens (including phenoxy) is 1. The van der Waals surface area contributed by atoms with E-state index in [0.29, 0.717) is 0 Å². The van der Waals surface area contributed by atoms with Crippen molar-refractivity contribution in [3.63, 3.8) is 0 Å². The number of likely N-dealkylation sites (tertiary alicyclic amines) is 1. The third-order valence-electron chi connectivity index (χ3n) is 6.12. The van der Waals surface area contributed by atoms with Crippen LogP contribution in [-0.4, -0.2) is 38.1 Å². The van der Waals surface area contributed by atoms with Gasteiger partial charge in [-0.15, -0.1) is 0 Å². The van der Waals surface area contributed by atoms with Gasteiger partial charge in [0.25, 0.3) is 0 Å². The maximum Gasteiger partial charge on any atom is 0.231 e. The summed E-state index contributed by atoms with van der Waals surface area (Å²) in [6.07, 6.45) is 3.18. The molecule has 26 heavy (non-hydrogen) atoms. The summed E-state index contributed by atoms with van der Waals surface area (Å²) < 4.78 is 5.19. The van der Waals surface area contributed by atoms with Gasteiger partial charge in [-0.2, -0.15) is 0 Å². The van der Waals surface area contributed by atoms with Gasteiger partial charge in [0, 0.05) is 5.69 Å². The predicted molar refractivity (Wildman–Crippen MR) is 104 cm³/mol. The number of anilines is 1. The van der Waals surface area contributed by atoms with E-state index >= 15 is 0 Å². The molecule has 0 unspecified atom stereocenters. The van der Waals surface area contributed by atoms with Crippen LogP contribution in [0.5, 0.6) is 5.75 Å². The summed E-state index contributed by atoms with van der Waals surface area (Å²) in [7, 11) is 3.83. The zero-order chi connectivity index (χ0) is 18.1. The fourth-order valence-corrected chi connectivity index (χ4v) is 4.55. The van der Waals surface area contributed by atoms with Crippen molar-refractivity contribution in [1.29, 1.82) is 0 Å². The molecule has 136 valence electrons. The molecule has 4 heteroatoms. The molecule has 0 radical (unpaired) electrons. The number of carbonyl (C=O) groups excluding carboxylic acids is 1. The first kappa shape index (κ1) is 17.1. The number of methoxy groups -OCH3 is 1. The standard InChI is InChI=1S/C22H26N2O2/c1-24-13-11-22(12-14-24)15-19(18-5-3-4-6-20(18)22)21(25)23-16-7-9-17(26-2)10-8-16/h3-10,19H,11-15H2,1-2H3,(H,23,25)/t19-/m0/s1. The van der Waals surface area contributed by atoms with E-state index in [0.717, 1.165) is 43.8 Å². The number of hydrogen-bond acceptors (Lipinski definition) is 3. The monoisotopic (exact) mass is 350 g/mol. The number of amides is 1.